The summed E-state index contributed by atoms with van der Waals surface area (Å²) in [5.74, 6) is 0.589. The predicted molar refractivity (Wildman–Crippen MR) is 121 cm³/mol. The molecule has 1 atom stereocenters. The van der Waals surface area contributed by atoms with Crippen molar-refractivity contribution in [3.63, 3.8) is 0 Å². The van der Waals surface area contributed by atoms with Crippen LogP contribution in [0.1, 0.15) is 18.4 Å². The molecule has 4 N–H and O–H groups in total. The molecular formula is C21H24N6O3S. The number of anilines is 2. The highest BCUT2D eigenvalue weighted by molar-refractivity contribution is 7.84. The van der Waals surface area contributed by atoms with E-state index in [0.717, 1.165) is 16.5 Å². The van der Waals surface area contributed by atoms with Crippen LogP contribution in [0.3, 0.4) is 0 Å². The van der Waals surface area contributed by atoms with Crippen molar-refractivity contribution in [1.82, 2.24) is 19.6 Å². The second kappa shape index (κ2) is 9.71. The zero-order chi connectivity index (χ0) is 21.6. The minimum atomic E-state index is -1.53. The Hall–Kier alpha value is -3.24. The molecule has 0 radical (unpaired) electrons. The molecular weight excluding hydrogens is 416 g/mol. The predicted octanol–water partition coefficient (Wildman–Crippen LogP) is 2.96. The van der Waals surface area contributed by atoms with E-state index < -0.39 is 17.3 Å². The number of pyridine rings is 2. The first-order chi connectivity index (χ1) is 15.1. The second-order valence-electron chi connectivity index (χ2n) is 7.28. The zero-order valence-electron chi connectivity index (χ0n) is 16.8. The van der Waals surface area contributed by atoms with Crippen LogP contribution in [0.5, 0.6) is 0 Å². The molecule has 31 heavy (non-hydrogen) atoms. The van der Waals surface area contributed by atoms with Crippen LogP contribution < -0.4 is 14.8 Å². The Morgan fingerprint density at radius 2 is 1.84 bits per heavy atom. The number of likely N-dealkylation sites (tertiary alicyclic amines) is 1. The topological polar surface area (TPSA) is 119 Å². The molecule has 1 aliphatic rings. The molecule has 1 unspecified atom stereocenters. The molecule has 0 spiro atoms. The fraction of sp³-hybridized carbons (Fsp3) is 0.286. The van der Waals surface area contributed by atoms with Gasteiger partial charge >= 0.3 is 6.09 Å². The van der Waals surface area contributed by atoms with Crippen LogP contribution in [0.25, 0.3) is 10.9 Å². The maximum absolute atomic E-state index is 12.6. The summed E-state index contributed by atoms with van der Waals surface area (Å²) in [5.41, 5.74) is 2.59. The van der Waals surface area contributed by atoms with Gasteiger partial charge in [-0.1, -0.05) is 24.3 Å². The van der Waals surface area contributed by atoms with E-state index in [1.807, 2.05) is 36.4 Å². The number of nitrogens with zero attached hydrogens (tertiary/aromatic N) is 3. The number of hydrogen-bond acceptors (Lipinski definition) is 5. The lowest BCUT2D eigenvalue weighted by Gasteiger charge is -2.30. The van der Waals surface area contributed by atoms with E-state index in [1.54, 1.807) is 18.5 Å². The third-order valence-electron chi connectivity index (χ3n) is 5.21. The van der Waals surface area contributed by atoms with Gasteiger partial charge in [-0.2, -0.15) is 0 Å². The molecule has 1 amide bonds. The van der Waals surface area contributed by atoms with Gasteiger partial charge in [-0.15, -0.1) is 0 Å². The van der Waals surface area contributed by atoms with E-state index in [0.29, 0.717) is 44.0 Å². The number of para-hydroxylation sites is 1. The maximum Gasteiger partial charge on any atom is 0.407 e. The van der Waals surface area contributed by atoms with Gasteiger partial charge in [0.1, 0.15) is 0 Å². The highest BCUT2D eigenvalue weighted by Crippen LogP contribution is 2.22. The smallest absolute Gasteiger partial charge is 0.407 e. The fourth-order valence-electron chi connectivity index (χ4n) is 3.59. The number of hydrogen-bond donors (Lipinski definition) is 4. The Morgan fingerprint density at radius 1 is 1.10 bits per heavy atom. The molecule has 1 aromatic carbocycles. The van der Waals surface area contributed by atoms with Crippen molar-refractivity contribution in [2.45, 2.75) is 25.4 Å². The quantitative estimate of drug-likeness (QED) is 0.448. The lowest BCUT2D eigenvalue weighted by molar-refractivity contribution is 0.131. The van der Waals surface area contributed by atoms with E-state index in [1.165, 1.54) is 4.90 Å². The number of nitrogens with one attached hydrogen (secondary N) is 3. The SMILES string of the molecule is O=C(O)N1CCC(NS(=O)Nc2cccnc2NCc2cccc3cccnc23)CC1. The number of fused-ring (bicyclic) bond motifs is 1. The van der Waals surface area contributed by atoms with E-state index in [9.17, 15) is 9.00 Å². The number of carboxylic acid groups (broad SMARTS) is 1. The van der Waals surface area contributed by atoms with Gasteiger partial charge in [-0.25, -0.2) is 18.7 Å². The Labute approximate surface area is 182 Å². The van der Waals surface area contributed by atoms with Gasteiger partial charge in [0, 0.05) is 43.5 Å². The van der Waals surface area contributed by atoms with Crippen molar-refractivity contribution in [2.24, 2.45) is 0 Å². The van der Waals surface area contributed by atoms with Crippen LogP contribution >= 0.6 is 0 Å². The summed E-state index contributed by atoms with van der Waals surface area (Å²) in [6.07, 6.45) is 3.77. The summed E-state index contributed by atoms with van der Waals surface area (Å²) in [4.78, 5) is 21.2. The van der Waals surface area contributed by atoms with Gasteiger partial charge in [-0.05, 0) is 36.6 Å². The summed E-state index contributed by atoms with van der Waals surface area (Å²) in [7, 11) is 0. The van der Waals surface area contributed by atoms with Gasteiger partial charge in [-0.3, -0.25) is 9.71 Å². The molecule has 9 nitrogen and oxygen atoms in total. The first-order valence-corrected chi connectivity index (χ1v) is 11.2. The number of amides is 1. The summed E-state index contributed by atoms with van der Waals surface area (Å²) >= 11 is -1.53. The van der Waals surface area contributed by atoms with E-state index in [2.05, 4.69) is 24.7 Å². The minimum Gasteiger partial charge on any atom is -0.465 e. The molecule has 2 aromatic heterocycles. The molecule has 4 rings (SSSR count). The fourth-order valence-corrected chi connectivity index (χ4v) is 4.55. The van der Waals surface area contributed by atoms with Crippen molar-refractivity contribution in [1.29, 1.82) is 0 Å². The molecule has 1 aliphatic heterocycles. The van der Waals surface area contributed by atoms with E-state index in [-0.39, 0.29) is 6.04 Å². The third kappa shape index (κ3) is 5.28. The first-order valence-electron chi connectivity index (χ1n) is 10.0. The Morgan fingerprint density at radius 3 is 2.65 bits per heavy atom. The second-order valence-corrected chi connectivity index (χ2v) is 8.26. The molecule has 1 fully saturated rings. The highest BCUT2D eigenvalue weighted by Gasteiger charge is 2.23. The molecule has 162 valence electrons. The van der Waals surface area contributed by atoms with E-state index in [4.69, 9.17) is 5.11 Å². The van der Waals surface area contributed by atoms with Crippen molar-refractivity contribution in [3.05, 3.63) is 60.4 Å². The van der Waals surface area contributed by atoms with Crippen LogP contribution in [-0.4, -0.2) is 49.4 Å². The Kier molecular flexibility index (Phi) is 6.58. The molecule has 10 heteroatoms. The van der Waals surface area contributed by atoms with Crippen molar-refractivity contribution < 1.29 is 14.1 Å². The number of carbonyl (C=O) groups is 1. The monoisotopic (exact) mass is 440 g/mol. The molecule has 0 saturated carbocycles. The van der Waals surface area contributed by atoms with Gasteiger partial charge in [0.25, 0.3) is 0 Å². The standard InChI is InChI=1S/C21H24N6O3S/c28-21(29)27-12-8-17(9-13-27)25-31(30)26-18-7-3-11-23-20(18)24-14-16-5-1-4-15-6-2-10-22-19(15)16/h1-7,10-11,17,25-26H,8-9,12-14H2,(H,23,24)(H,28,29). The highest BCUT2D eigenvalue weighted by atomic mass is 32.2. The number of aromatic nitrogens is 2. The van der Waals surface area contributed by atoms with Crippen LogP contribution in [-0.2, 0) is 17.7 Å². The molecule has 3 aromatic rings. The summed E-state index contributed by atoms with van der Waals surface area (Å²) in [6, 6.07) is 13.5. The molecule has 3 heterocycles. The van der Waals surface area contributed by atoms with Crippen molar-refractivity contribution >= 4 is 39.7 Å². The van der Waals surface area contributed by atoms with Gasteiger partial charge < -0.3 is 15.3 Å². The van der Waals surface area contributed by atoms with Crippen LogP contribution in [0.2, 0.25) is 0 Å². The van der Waals surface area contributed by atoms with Crippen molar-refractivity contribution in [2.75, 3.05) is 23.1 Å². The van der Waals surface area contributed by atoms with E-state index >= 15 is 0 Å². The zero-order valence-corrected chi connectivity index (χ0v) is 17.6. The van der Waals surface area contributed by atoms with Crippen molar-refractivity contribution in [3.8, 4) is 0 Å². The Bertz CT molecular complexity index is 1080. The summed E-state index contributed by atoms with van der Waals surface area (Å²) in [5, 5.41) is 13.4. The lowest BCUT2D eigenvalue weighted by Crippen LogP contribution is -2.45. The average Bonchev–Trinajstić information content (AvgIpc) is 2.79. The molecule has 0 aliphatic carbocycles. The average molecular weight is 441 g/mol. The molecule has 0 bridgehead atoms. The largest absolute Gasteiger partial charge is 0.465 e. The third-order valence-corrected chi connectivity index (χ3v) is 6.16. The molecule has 1 saturated heterocycles. The lowest BCUT2D eigenvalue weighted by atomic mass is 10.1. The maximum atomic E-state index is 12.6. The first kappa shape index (κ1) is 21.0. The number of rotatable bonds is 7. The summed E-state index contributed by atoms with van der Waals surface area (Å²) in [6.45, 7) is 1.39. The van der Waals surface area contributed by atoms with Gasteiger partial charge in [0.2, 0.25) is 0 Å². The van der Waals surface area contributed by atoms with Gasteiger partial charge in [0.15, 0.2) is 17.0 Å². The van der Waals surface area contributed by atoms with Crippen LogP contribution in [0.15, 0.2) is 54.9 Å². The van der Waals surface area contributed by atoms with Crippen LogP contribution in [0, 0.1) is 0 Å². The minimum absolute atomic E-state index is 0.0150. The number of piperidine rings is 1. The normalized spacial score (nSPS) is 15.5. The number of benzene rings is 1. The van der Waals surface area contributed by atoms with Gasteiger partial charge in [0.05, 0.1) is 11.2 Å². The Balaban J connectivity index is 1.37. The summed E-state index contributed by atoms with van der Waals surface area (Å²) < 4.78 is 18.6. The van der Waals surface area contributed by atoms with Crippen LogP contribution in [0.4, 0.5) is 16.3 Å².